The summed E-state index contributed by atoms with van der Waals surface area (Å²) in [5.74, 6) is 1.97. The number of non-ortho nitro benzene ring substituents is 1. The van der Waals surface area contributed by atoms with Crippen LogP contribution in [0.25, 0.3) is 0 Å². The Labute approximate surface area is 164 Å². The largest absolute Gasteiger partial charge is 0.493 e. The first-order valence-electron chi connectivity index (χ1n) is 9.08. The third-order valence-electron chi connectivity index (χ3n) is 3.84. The first kappa shape index (κ1) is 21.0. The van der Waals surface area contributed by atoms with Crippen LogP contribution in [0.4, 0.5) is 5.69 Å². The normalized spacial score (nSPS) is 12.2. The fraction of sp³-hybridized carbons (Fsp3) is 0.350. The molecule has 28 heavy (non-hydrogen) atoms. The number of nitrogens with zero attached hydrogens (tertiary/aromatic N) is 2. The molecule has 0 saturated carbocycles. The second kappa shape index (κ2) is 10.8. The van der Waals surface area contributed by atoms with Crippen LogP contribution in [0.5, 0.6) is 11.5 Å². The number of nitro benzene ring substituents is 1. The van der Waals surface area contributed by atoms with Gasteiger partial charge in [0.05, 0.1) is 25.1 Å². The van der Waals surface area contributed by atoms with Gasteiger partial charge in [-0.2, -0.15) is 0 Å². The van der Waals surface area contributed by atoms with Crippen LogP contribution in [-0.2, 0) is 6.54 Å². The lowest BCUT2D eigenvalue weighted by Gasteiger charge is -2.19. The Balaban J connectivity index is 1.95. The molecule has 0 bridgehead atoms. The average Bonchev–Trinajstić information content (AvgIpc) is 2.70. The van der Waals surface area contributed by atoms with E-state index in [1.54, 1.807) is 13.2 Å². The average molecular weight is 386 g/mol. The van der Waals surface area contributed by atoms with E-state index in [2.05, 4.69) is 15.6 Å². The summed E-state index contributed by atoms with van der Waals surface area (Å²) in [4.78, 5) is 15.0. The van der Waals surface area contributed by atoms with Crippen molar-refractivity contribution in [2.75, 3.05) is 20.2 Å². The Kier molecular flexibility index (Phi) is 8.08. The molecule has 0 heterocycles. The van der Waals surface area contributed by atoms with Crippen molar-refractivity contribution in [3.63, 3.8) is 0 Å². The van der Waals surface area contributed by atoms with Gasteiger partial charge in [-0.1, -0.05) is 24.3 Å². The molecule has 2 aromatic carbocycles. The number of aliphatic imine (C=N–C) groups is 1. The SMILES string of the molecule is CCNC(=NCc1cccc([N+](=O)[O-])c1)NCC(C)Oc1ccccc1OC. The van der Waals surface area contributed by atoms with Crippen LogP contribution in [0.15, 0.2) is 53.5 Å². The maximum atomic E-state index is 10.9. The van der Waals surface area contributed by atoms with E-state index in [9.17, 15) is 10.1 Å². The highest BCUT2D eigenvalue weighted by molar-refractivity contribution is 5.79. The predicted molar refractivity (Wildman–Crippen MR) is 109 cm³/mol. The quantitative estimate of drug-likeness (QED) is 0.297. The molecular formula is C20H26N4O4. The number of rotatable bonds is 9. The number of ether oxygens (including phenoxy) is 2. The van der Waals surface area contributed by atoms with Gasteiger partial charge in [0.25, 0.3) is 5.69 Å². The van der Waals surface area contributed by atoms with Crippen molar-refractivity contribution in [3.8, 4) is 11.5 Å². The van der Waals surface area contributed by atoms with Gasteiger partial charge in [0.1, 0.15) is 6.10 Å². The van der Waals surface area contributed by atoms with Gasteiger partial charge in [-0.25, -0.2) is 4.99 Å². The maximum Gasteiger partial charge on any atom is 0.269 e. The van der Waals surface area contributed by atoms with Crippen LogP contribution in [0.2, 0.25) is 0 Å². The van der Waals surface area contributed by atoms with Crippen LogP contribution < -0.4 is 20.1 Å². The van der Waals surface area contributed by atoms with Gasteiger partial charge in [-0.05, 0) is 31.5 Å². The molecule has 8 nitrogen and oxygen atoms in total. The van der Waals surface area contributed by atoms with Crippen molar-refractivity contribution in [3.05, 3.63) is 64.2 Å². The molecule has 1 atom stereocenters. The Morgan fingerprint density at radius 1 is 1.18 bits per heavy atom. The lowest BCUT2D eigenvalue weighted by molar-refractivity contribution is -0.384. The van der Waals surface area contributed by atoms with Crippen molar-refractivity contribution in [2.45, 2.75) is 26.5 Å². The molecule has 1 unspecified atom stereocenters. The number of methoxy groups -OCH3 is 1. The maximum absolute atomic E-state index is 10.9. The van der Waals surface area contributed by atoms with Gasteiger partial charge in [0.2, 0.25) is 0 Å². The lowest BCUT2D eigenvalue weighted by Crippen LogP contribution is -2.41. The molecular weight excluding hydrogens is 360 g/mol. The fourth-order valence-electron chi connectivity index (χ4n) is 2.50. The summed E-state index contributed by atoms with van der Waals surface area (Å²) in [5.41, 5.74) is 0.828. The predicted octanol–water partition coefficient (Wildman–Crippen LogP) is 3.13. The zero-order valence-corrected chi connectivity index (χ0v) is 16.3. The highest BCUT2D eigenvalue weighted by atomic mass is 16.6. The van der Waals surface area contributed by atoms with Gasteiger partial charge >= 0.3 is 0 Å². The van der Waals surface area contributed by atoms with Gasteiger partial charge in [-0.15, -0.1) is 0 Å². The molecule has 0 aromatic heterocycles. The lowest BCUT2D eigenvalue weighted by atomic mass is 10.2. The van der Waals surface area contributed by atoms with E-state index in [0.717, 1.165) is 5.56 Å². The van der Waals surface area contributed by atoms with Gasteiger partial charge < -0.3 is 20.1 Å². The van der Waals surface area contributed by atoms with Crippen LogP contribution in [0.1, 0.15) is 19.4 Å². The zero-order chi connectivity index (χ0) is 20.4. The van der Waals surface area contributed by atoms with Crippen LogP contribution in [-0.4, -0.2) is 37.2 Å². The summed E-state index contributed by atoms with van der Waals surface area (Å²) in [6, 6.07) is 14.0. The van der Waals surface area contributed by atoms with E-state index in [1.165, 1.54) is 12.1 Å². The topological polar surface area (TPSA) is 98.0 Å². The minimum atomic E-state index is -0.409. The molecule has 2 N–H and O–H groups in total. The van der Waals surface area contributed by atoms with E-state index in [4.69, 9.17) is 9.47 Å². The molecule has 0 aliphatic heterocycles. The van der Waals surface area contributed by atoms with E-state index in [0.29, 0.717) is 37.1 Å². The van der Waals surface area contributed by atoms with E-state index in [1.807, 2.05) is 44.2 Å². The smallest absolute Gasteiger partial charge is 0.269 e. The summed E-state index contributed by atoms with van der Waals surface area (Å²) >= 11 is 0. The molecule has 0 amide bonds. The third-order valence-corrected chi connectivity index (χ3v) is 3.84. The van der Waals surface area contributed by atoms with E-state index < -0.39 is 4.92 Å². The highest BCUT2D eigenvalue weighted by Gasteiger charge is 2.10. The second-order valence-corrected chi connectivity index (χ2v) is 6.08. The van der Waals surface area contributed by atoms with Crippen molar-refractivity contribution < 1.29 is 14.4 Å². The highest BCUT2D eigenvalue weighted by Crippen LogP contribution is 2.26. The van der Waals surface area contributed by atoms with Crippen molar-refractivity contribution in [1.82, 2.24) is 10.6 Å². The molecule has 8 heteroatoms. The summed E-state index contributed by atoms with van der Waals surface area (Å²) in [7, 11) is 1.61. The summed E-state index contributed by atoms with van der Waals surface area (Å²) < 4.78 is 11.2. The molecule has 0 spiro atoms. The molecule has 0 radical (unpaired) electrons. The Morgan fingerprint density at radius 3 is 2.61 bits per heavy atom. The zero-order valence-electron chi connectivity index (χ0n) is 16.3. The molecule has 0 saturated heterocycles. The Bertz CT molecular complexity index is 810. The summed E-state index contributed by atoms with van der Waals surface area (Å²) in [6.45, 7) is 5.48. The van der Waals surface area contributed by atoms with Crippen LogP contribution in [0.3, 0.4) is 0 Å². The van der Waals surface area contributed by atoms with Crippen LogP contribution in [0, 0.1) is 10.1 Å². The van der Waals surface area contributed by atoms with E-state index >= 15 is 0 Å². The van der Waals surface area contributed by atoms with Gasteiger partial charge in [0.15, 0.2) is 17.5 Å². The van der Waals surface area contributed by atoms with Gasteiger partial charge in [0, 0.05) is 18.7 Å². The minimum absolute atomic E-state index is 0.0597. The van der Waals surface area contributed by atoms with Crippen molar-refractivity contribution in [2.24, 2.45) is 4.99 Å². The molecule has 0 aliphatic rings. The molecule has 2 aromatic rings. The van der Waals surface area contributed by atoms with E-state index in [-0.39, 0.29) is 11.8 Å². The Morgan fingerprint density at radius 2 is 1.93 bits per heavy atom. The summed E-state index contributed by atoms with van der Waals surface area (Å²) in [6.07, 6.45) is -0.127. The monoisotopic (exact) mass is 386 g/mol. The number of nitro groups is 1. The molecule has 2 rings (SSSR count). The Hall–Kier alpha value is -3.29. The molecule has 150 valence electrons. The van der Waals surface area contributed by atoms with Crippen molar-refractivity contribution >= 4 is 11.6 Å². The van der Waals surface area contributed by atoms with Crippen molar-refractivity contribution in [1.29, 1.82) is 0 Å². The fourth-order valence-corrected chi connectivity index (χ4v) is 2.50. The number of nitrogens with one attached hydrogen (secondary N) is 2. The third kappa shape index (κ3) is 6.46. The number of hydrogen-bond donors (Lipinski definition) is 2. The van der Waals surface area contributed by atoms with Gasteiger partial charge in [-0.3, -0.25) is 10.1 Å². The first-order chi connectivity index (χ1) is 13.5. The number of benzene rings is 2. The number of para-hydroxylation sites is 2. The van der Waals surface area contributed by atoms with Crippen LogP contribution >= 0.6 is 0 Å². The number of hydrogen-bond acceptors (Lipinski definition) is 5. The number of guanidine groups is 1. The second-order valence-electron chi connectivity index (χ2n) is 6.08. The summed E-state index contributed by atoms with van der Waals surface area (Å²) in [5, 5.41) is 17.3. The standard InChI is InChI=1S/C20H26N4O4/c1-4-21-20(23-14-16-8-7-9-17(12-16)24(25)26)22-13-15(2)28-19-11-6-5-10-18(19)27-3/h5-12,15H,4,13-14H2,1-3H3,(H2,21,22,23). The first-order valence-corrected chi connectivity index (χ1v) is 9.08. The molecule has 0 aliphatic carbocycles. The minimum Gasteiger partial charge on any atom is -0.493 e. The molecule has 0 fully saturated rings.